The Hall–Kier alpha value is -4.07. The molecule has 0 radical (unpaired) electrons. The molecule has 2 fully saturated rings. The number of rotatable bonds is 5. The maximum atomic E-state index is 13.4. The highest BCUT2D eigenvalue weighted by Crippen LogP contribution is 2.27. The Bertz CT molecular complexity index is 1270. The third-order valence-corrected chi connectivity index (χ3v) is 7.37. The molecule has 5 rings (SSSR count). The van der Waals surface area contributed by atoms with Crippen molar-refractivity contribution >= 4 is 11.6 Å². The van der Waals surface area contributed by atoms with Crippen LogP contribution >= 0.6 is 0 Å². The number of likely N-dealkylation sites (tertiary alicyclic amines) is 1. The van der Waals surface area contributed by atoms with Gasteiger partial charge in [0.2, 0.25) is 0 Å². The van der Waals surface area contributed by atoms with Crippen LogP contribution in [-0.2, 0) is 6.54 Å². The molecular formula is C29H30N6O. The molecule has 0 unspecified atom stereocenters. The van der Waals surface area contributed by atoms with E-state index in [0.29, 0.717) is 30.3 Å². The van der Waals surface area contributed by atoms with Gasteiger partial charge in [0, 0.05) is 63.7 Å². The van der Waals surface area contributed by atoms with Crippen LogP contribution in [0.4, 0.5) is 5.69 Å². The molecule has 7 heteroatoms. The molecule has 2 aromatic carbocycles. The Kier molecular flexibility index (Phi) is 7.02. The van der Waals surface area contributed by atoms with E-state index < -0.39 is 0 Å². The molecule has 0 bridgehead atoms. The van der Waals surface area contributed by atoms with Gasteiger partial charge in [-0.05, 0) is 66.9 Å². The van der Waals surface area contributed by atoms with Crippen molar-refractivity contribution in [2.75, 3.05) is 44.2 Å². The average Bonchev–Trinajstić information content (AvgIpc) is 3.44. The Morgan fingerprint density at radius 3 is 2.03 bits per heavy atom. The summed E-state index contributed by atoms with van der Waals surface area (Å²) >= 11 is 0. The summed E-state index contributed by atoms with van der Waals surface area (Å²) in [4.78, 5) is 20.1. The molecule has 0 atom stereocenters. The number of nitrogens with zero attached hydrogens (tertiary/aromatic N) is 6. The summed E-state index contributed by atoms with van der Waals surface area (Å²) < 4.78 is 2.19. The quantitative estimate of drug-likeness (QED) is 0.553. The molecule has 0 N–H and O–H groups in total. The Morgan fingerprint density at radius 2 is 1.42 bits per heavy atom. The van der Waals surface area contributed by atoms with Gasteiger partial charge in [-0.1, -0.05) is 12.1 Å². The second-order valence-corrected chi connectivity index (χ2v) is 9.55. The third kappa shape index (κ3) is 5.12. The van der Waals surface area contributed by atoms with Gasteiger partial charge in [-0.3, -0.25) is 9.69 Å². The van der Waals surface area contributed by atoms with Crippen LogP contribution in [0.25, 0.3) is 0 Å². The van der Waals surface area contributed by atoms with Crippen molar-refractivity contribution in [3.63, 3.8) is 0 Å². The van der Waals surface area contributed by atoms with E-state index in [1.54, 1.807) is 0 Å². The fourth-order valence-corrected chi connectivity index (χ4v) is 5.27. The monoisotopic (exact) mass is 478 g/mol. The number of carbonyl (C=O) groups is 1. The van der Waals surface area contributed by atoms with Gasteiger partial charge in [-0.2, -0.15) is 10.5 Å². The first-order valence-corrected chi connectivity index (χ1v) is 12.6. The number of piperazine rings is 1. The summed E-state index contributed by atoms with van der Waals surface area (Å²) in [5, 5.41) is 18.0. The molecule has 2 aliphatic rings. The van der Waals surface area contributed by atoms with Crippen LogP contribution in [-0.4, -0.2) is 59.5 Å². The highest BCUT2D eigenvalue weighted by Gasteiger charge is 2.27. The maximum absolute atomic E-state index is 13.4. The fourth-order valence-electron chi connectivity index (χ4n) is 5.27. The lowest BCUT2D eigenvalue weighted by Gasteiger charge is -2.37. The molecular weight excluding hydrogens is 448 g/mol. The van der Waals surface area contributed by atoms with Gasteiger partial charge in [0.15, 0.2) is 0 Å². The van der Waals surface area contributed by atoms with Crippen molar-refractivity contribution < 1.29 is 4.79 Å². The molecule has 0 saturated carbocycles. The molecule has 1 amide bonds. The number of hydrogen-bond donors (Lipinski definition) is 0. The minimum atomic E-state index is 0.111. The van der Waals surface area contributed by atoms with E-state index in [9.17, 15) is 4.79 Å². The maximum Gasteiger partial charge on any atom is 0.270 e. The van der Waals surface area contributed by atoms with Gasteiger partial charge in [0.05, 0.1) is 23.3 Å². The minimum absolute atomic E-state index is 0.111. The third-order valence-electron chi connectivity index (χ3n) is 7.37. The number of aromatic nitrogens is 1. The van der Waals surface area contributed by atoms with Crippen LogP contribution in [0.5, 0.6) is 0 Å². The van der Waals surface area contributed by atoms with Crippen molar-refractivity contribution in [1.82, 2.24) is 14.4 Å². The van der Waals surface area contributed by atoms with Crippen molar-refractivity contribution in [3.05, 3.63) is 89.2 Å². The van der Waals surface area contributed by atoms with Gasteiger partial charge < -0.3 is 14.4 Å². The zero-order valence-electron chi connectivity index (χ0n) is 20.4. The van der Waals surface area contributed by atoms with Crippen LogP contribution in [0.2, 0.25) is 0 Å². The first-order valence-electron chi connectivity index (χ1n) is 12.6. The lowest BCUT2D eigenvalue weighted by molar-refractivity contribution is 0.0729. The predicted molar refractivity (Wildman–Crippen MR) is 138 cm³/mol. The highest BCUT2D eigenvalue weighted by atomic mass is 16.2. The predicted octanol–water partition coefficient (Wildman–Crippen LogP) is 4.03. The average molecular weight is 479 g/mol. The van der Waals surface area contributed by atoms with Gasteiger partial charge in [-0.25, -0.2) is 0 Å². The number of nitriles is 2. The first kappa shape index (κ1) is 23.7. The molecule has 1 aromatic heterocycles. The van der Waals surface area contributed by atoms with Crippen LogP contribution in [0.3, 0.4) is 0 Å². The molecule has 2 aliphatic heterocycles. The number of anilines is 1. The number of piperidine rings is 1. The fraction of sp³-hybridized carbons (Fsp3) is 0.345. The van der Waals surface area contributed by atoms with Crippen molar-refractivity contribution in [1.29, 1.82) is 10.5 Å². The molecule has 0 aliphatic carbocycles. The molecule has 2 saturated heterocycles. The summed E-state index contributed by atoms with van der Waals surface area (Å²) in [6.07, 6.45) is 4.08. The van der Waals surface area contributed by atoms with E-state index in [-0.39, 0.29) is 5.91 Å². The Labute approximate surface area is 212 Å². The minimum Gasteiger partial charge on any atom is -0.368 e. The largest absolute Gasteiger partial charge is 0.368 e. The summed E-state index contributed by atoms with van der Waals surface area (Å²) in [5.41, 5.74) is 4.46. The normalized spacial score (nSPS) is 16.9. The summed E-state index contributed by atoms with van der Waals surface area (Å²) in [7, 11) is 0. The zero-order valence-corrected chi connectivity index (χ0v) is 20.4. The number of amides is 1. The van der Waals surface area contributed by atoms with Gasteiger partial charge in [0.1, 0.15) is 5.69 Å². The Morgan fingerprint density at radius 1 is 0.806 bits per heavy atom. The molecule has 0 spiro atoms. The number of carbonyl (C=O) groups excluding carboxylic acids is 1. The standard InChI is InChI=1S/C29H30N6O/c30-20-23-3-5-25(6-4-23)22-32-14-11-27(12-15-32)35-13-1-2-28(35)29(36)34-18-16-33(17-19-34)26-9-7-24(21-31)8-10-26/h1-10,13,27H,11-12,14-19,22H2. The molecule has 36 heavy (non-hydrogen) atoms. The van der Waals surface area contributed by atoms with Crippen LogP contribution in [0.15, 0.2) is 66.9 Å². The van der Waals surface area contributed by atoms with Gasteiger partial charge in [0.25, 0.3) is 5.91 Å². The Balaban J connectivity index is 1.15. The van der Waals surface area contributed by atoms with Crippen LogP contribution in [0.1, 0.15) is 46.1 Å². The zero-order chi connectivity index (χ0) is 24.9. The van der Waals surface area contributed by atoms with Crippen molar-refractivity contribution in [2.24, 2.45) is 0 Å². The lowest BCUT2D eigenvalue weighted by Crippen LogP contribution is -2.49. The molecule has 7 nitrogen and oxygen atoms in total. The first-order chi connectivity index (χ1) is 17.6. The van der Waals surface area contributed by atoms with E-state index in [2.05, 4.69) is 32.7 Å². The molecule has 3 aromatic rings. The van der Waals surface area contributed by atoms with E-state index in [1.165, 1.54) is 5.56 Å². The van der Waals surface area contributed by atoms with Crippen molar-refractivity contribution in [3.8, 4) is 12.1 Å². The summed E-state index contributed by atoms with van der Waals surface area (Å²) in [6, 6.07) is 24.1. The van der Waals surface area contributed by atoms with Gasteiger partial charge in [-0.15, -0.1) is 0 Å². The topological polar surface area (TPSA) is 79.3 Å². The second kappa shape index (κ2) is 10.7. The lowest BCUT2D eigenvalue weighted by atomic mass is 10.0. The van der Waals surface area contributed by atoms with Gasteiger partial charge >= 0.3 is 0 Å². The SMILES string of the molecule is N#Cc1ccc(CN2CCC(n3cccc3C(=O)N3CCN(c4ccc(C#N)cc4)CC3)CC2)cc1. The number of hydrogen-bond acceptors (Lipinski definition) is 5. The summed E-state index contributed by atoms with van der Waals surface area (Å²) in [6.45, 7) is 5.80. The molecule has 182 valence electrons. The van der Waals surface area contributed by atoms with Crippen LogP contribution in [0, 0.1) is 22.7 Å². The van der Waals surface area contributed by atoms with E-state index in [4.69, 9.17) is 10.5 Å². The molecule has 3 heterocycles. The summed E-state index contributed by atoms with van der Waals surface area (Å²) in [5.74, 6) is 0.111. The van der Waals surface area contributed by atoms with E-state index >= 15 is 0 Å². The van der Waals surface area contributed by atoms with Crippen LogP contribution < -0.4 is 4.90 Å². The highest BCUT2D eigenvalue weighted by molar-refractivity contribution is 5.93. The van der Waals surface area contributed by atoms with E-state index in [0.717, 1.165) is 56.9 Å². The van der Waals surface area contributed by atoms with Crippen molar-refractivity contribution in [2.45, 2.75) is 25.4 Å². The number of benzene rings is 2. The second-order valence-electron chi connectivity index (χ2n) is 9.55. The van der Waals surface area contributed by atoms with E-state index in [1.807, 2.05) is 65.6 Å². The smallest absolute Gasteiger partial charge is 0.270 e.